The first-order valence-electron chi connectivity index (χ1n) is 5.04. The molecule has 3 heterocycles. The zero-order chi connectivity index (χ0) is 9.16. The molecule has 3 rings (SSSR count). The van der Waals surface area contributed by atoms with Gasteiger partial charge in [0.1, 0.15) is 12.2 Å². The largest absolute Gasteiger partial charge is 0.459 e. The zero-order valence-electron chi connectivity index (χ0n) is 7.90. The van der Waals surface area contributed by atoms with E-state index in [0.717, 1.165) is 6.42 Å². The van der Waals surface area contributed by atoms with Crippen LogP contribution < -0.4 is 0 Å². The molecule has 6 atom stereocenters. The molecule has 3 fully saturated rings. The molecule has 13 heavy (non-hydrogen) atoms. The Bertz CT molecular complexity index is 261. The summed E-state index contributed by atoms with van der Waals surface area (Å²) in [6.45, 7) is 4.26. The van der Waals surface area contributed by atoms with Crippen LogP contribution >= 0.6 is 0 Å². The average molecular weight is 182 g/mol. The van der Waals surface area contributed by atoms with Gasteiger partial charge >= 0.3 is 5.97 Å². The fourth-order valence-electron chi connectivity index (χ4n) is 3.06. The van der Waals surface area contributed by atoms with E-state index in [1.54, 1.807) is 0 Å². The fraction of sp³-hybridized carbons (Fsp3) is 0.900. The van der Waals surface area contributed by atoms with E-state index in [1.165, 1.54) is 0 Å². The second-order valence-electron chi connectivity index (χ2n) is 4.64. The topological polar surface area (TPSA) is 35.5 Å². The van der Waals surface area contributed by atoms with Crippen molar-refractivity contribution in [3.63, 3.8) is 0 Å². The van der Waals surface area contributed by atoms with Crippen LogP contribution in [0.2, 0.25) is 0 Å². The van der Waals surface area contributed by atoms with Gasteiger partial charge in [-0.25, -0.2) is 0 Å². The van der Waals surface area contributed by atoms with Gasteiger partial charge in [0.2, 0.25) is 0 Å². The van der Waals surface area contributed by atoms with Gasteiger partial charge in [-0.1, -0.05) is 13.8 Å². The Morgan fingerprint density at radius 2 is 2.08 bits per heavy atom. The van der Waals surface area contributed by atoms with Gasteiger partial charge in [-0.3, -0.25) is 4.79 Å². The lowest BCUT2D eigenvalue weighted by atomic mass is 9.86. The monoisotopic (exact) mass is 182 g/mol. The van der Waals surface area contributed by atoms with E-state index in [4.69, 9.17) is 9.47 Å². The Kier molecular flexibility index (Phi) is 1.36. The first-order chi connectivity index (χ1) is 6.18. The van der Waals surface area contributed by atoms with Gasteiger partial charge in [-0.05, 0) is 12.3 Å². The van der Waals surface area contributed by atoms with Crippen molar-refractivity contribution in [2.45, 2.75) is 38.6 Å². The molecule has 0 aromatic rings. The first kappa shape index (κ1) is 7.80. The summed E-state index contributed by atoms with van der Waals surface area (Å²) < 4.78 is 11.1. The highest BCUT2D eigenvalue weighted by Gasteiger charge is 2.60. The van der Waals surface area contributed by atoms with Crippen molar-refractivity contribution < 1.29 is 14.3 Å². The Hall–Kier alpha value is -0.570. The van der Waals surface area contributed by atoms with Crippen molar-refractivity contribution in [2.75, 3.05) is 0 Å². The molecular weight excluding hydrogens is 168 g/mol. The molecule has 0 radical (unpaired) electrons. The maximum atomic E-state index is 11.5. The molecule has 0 aromatic carbocycles. The van der Waals surface area contributed by atoms with Crippen LogP contribution in [0.15, 0.2) is 0 Å². The maximum absolute atomic E-state index is 11.5. The highest BCUT2D eigenvalue weighted by atomic mass is 16.6. The molecule has 72 valence electrons. The van der Waals surface area contributed by atoms with E-state index >= 15 is 0 Å². The predicted molar refractivity (Wildman–Crippen MR) is 45.0 cm³/mol. The molecule has 3 heteroatoms. The van der Waals surface area contributed by atoms with Gasteiger partial charge in [-0.15, -0.1) is 0 Å². The van der Waals surface area contributed by atoms with Crippen LogP contribution in [0.4, 0.5) is 0 Å². The normalized spacial score (nSPS) is 58.2. The third-order valence-electron chi connectivity index (χ3n) is 3.86. The Balaban J connectivity index is 2.01. The van der Waals surface area contributed by atoms with Crippen molar-refractivity contribution in [3.8, 4) is 0 Å². The van der Waals surface area contributed by atoms with Crippen LogP contribution in [0, 0.1) is 17.8 Å². The minimum Gasteiger partial charge on any atom is -0.459 e. The van der Waals surface area contributed by atoms with Crippen molar-refractivity contribution in [2.24, 2.45) is 17.8 Å². The lowest BCUT2D eigenvalue weighted by molar-refractivity contribution is -0.151. The van der Waals surface area contributed by atoms with Crippen molar-refractivity contribution >= 4 is 5.97 Å². The standard InChI is InChI=1S/C10H14O3/c1-4-3-6-5(2)8-9(12-6)7(4)10(11)13-8/h4-9H,3H2,1-2H3/t4-,5?,6?,7?,8?,9?/m0/s1. The summed E-state index contributed by atoms with van der Waals surface area (Å²) in [5.74, 6) is 0.814. The molecule has 0 N–H and O–H groups in total. The molecule has 0 aromatic heterocycles. The highest BCUT2D eigenvalue weighted by Crippen LogP contribution is 2.48. The molecular formula is C10H14O3. The van der Waals surface area contributed by atoms with Gasteiger partial charge < -0.3 is 9.47 Å². The number of fused-ring (bicyclic) bond motifs is 1. The number of esters is 1. The van der Waals surface area contributed by atoms with E-state index in [0.29, 0.717) is 17.9 Å². The SMILES string of the molecule is CC1C2C[C@H](C)C3C(=O)OC1C3O2. The Labute approximate surface area is 77.4 Å². The summed E-state index contributed by atoms with van der Waals surface area (Å²) in [7, 11) is 0. The molecule has 3 nitrogen and oxygen atoms in total. The minimum absolute atomic E-state index is 0.0196. The van der Waals surface area contributed by atoms with Gasteiger partial charge in [0.05, 0.1) is 12.0 Å². The lowest BCUT2D eigenvalue weighted by Crippen LogP contribution is -2.36. The summed E-state index contributed by atoms with van der Waals surface area (Å²) in [6.07, 6.45) is 1.46. The van der Waals surface area contributed by atoms with Crippen LogP contribution in [-0.2, 0) is 14.3 Å². The van der Waals surface area contributed by atoms with Crippen LogP contribution in [0.25, 0.3) is 0 Å². The van der Waals surface area contributed by atoms with E-state index < -0.39 is 0 Å². The Morgan fingerprint density at radius 3 is 2.85 bits per heavy atom. The van der Waals surface area contributed by atoms with E-state index in [-0.39, 0.29) is 24.1 Å². The minimum atomic E-state index is -0.0347. The molecule has 3 aliphatic heterocycles. The molecule has 3 aliphatic rings. The van der Waals surface area contributed by atoms with Gasteiger partial charge in [-0.2, -0.15) is 0 Å². The lowest BCUT2D eigenvalue weighted by Gasteiger charge is -2.30. The zero-order valence-corrected chi connectivity index (χ0v) is 7.90. The van der Waals surface area contributed by atoms with E-state index in [9.17, 15) is 4.79 Å². The van der Waals surface area contributed by atoms with Crippen molar-refractivity contribution in [1.29, 1.82) is 0 Å². The molecule has 2 bridgehead atoms. The van der Waals surface area contributed by atoms with Crippen LogP contribution in [0.5, 0.6) is 0 Å². The summed E-state index contributed by atoms with van der Waals surface area (Å²) >= 11 is 0. The highest BCUT2D eigenvalue weighted by molar-refractivity contribution is 5.76. The number of carbonyl (C=O) groups is 1. The van der Waals surface area contributed by atoms with E-state index in [1.807, 2.05) is 0 Å². The van der Waals surface area contributed by atoms with Crippen LogP contribution in [-0.4, -0.2) is 24.3 Å². The molecule has 0 spiro atoms. The van der Waals surface area contributed by atoms with Gasteiger partial charge in [0, 0.05) is 5.92 Å². The average Bonchev–Trinajstić information content (AvgIpc) is 2.51. The van der Waals surface area contributed by atoms with Gasteiger partial charge in [0.15, 0.2) is 0 Å². The molecule has 0 aliphatic carbocycles. The summed E-state index contributed by atoms with van der Waals surface area (Å²) in [6, 6.07) is 0. The maximum Gasteiger partial charge on any atom is 0.312 e. The third kappa shape index (κ3) is 0.810. The summed E-state index contributed by atoms with van der Waals surface area (Å²) in [5, 5.41) is 0. The van der Waals surface area contributed by atoms with E-state index in [2.05, 4.69) is 13.8 Å². The molecule has 0 saturated carbocycles. The smallest absolute Gasteiger partial charge is 0.312 e. The number of ether oxygens (including phenoxy) is 2. The predicted octanol–water partition coefficient (Wildman–Crippen LogP) is 0.971. The number of hydrogen-bond donors (Lipinski definition) is 0. The summed E-state index contributed by atoms with van der Waals surface area (Å²) in [4.78, 5) is 11.5. The second kappa shape index (κ2) is 2.27. The first-order valence-corrected chi connectivity index (χ1v) is 5.04. The quantitative estimate of drug-likeness (QED) is 0.524. The van der Waals surface area contributed by atoms with Crippen LogP contribution in [0.3, 0.4) is 0 Å². The Morgan fingerprint density at radius 1 is 1.31 bits per heavy atom. The summed E-state index contributed by atoms with van der Waals surface area (Å²) in [5.41, 5.74) is 0. The number of rotatable bonds is 0. The number of carbonyl (C=O) groups excluding carboxylic acids is 1. The molecule has 0 amide bonds. The fourth-order valence-corrected chi connectivity index (χ4v) is 3.06. The van der Waals surface area contributed by atoms with Gasteiger partial charge in [0.25, 0.3) is 0 Å². The number of hydrogen-bond acceptors (Lipinski definition) is 3. The van der Waals surface area contributed by atoms with Crippen LogP contribution in [0.1, 0.15) is 20.3 Å². The second-order valence-corrected chi connectivity index (χ2v) is 4.64. The van der Waals surface area contributed by atoms with Crippen molar-refractivity contribution in [1.82, 2.24) is 0 Å². The molecule has 3 saturated heterocycles. The third-order valence-corrected chi connectivity index (χ3v) is 3.86. The van der Waals surface area contributed by atoms with Crippen molar-refractivity contribution in [3.05, 3.63) is 0 Å². The molecule has 5 unspecified atom stereocenters.